The van der Waals surface area contributed by atoms with Crippen LogP contribution >= 0.6 is 11.8 Å². The van der Waals surface area contributed by atoms with Crippen molar-refractivity contribution in [3.05, 3.63) is 18.0 Å². The number of aliphatic carboxylic acids is 1. The van der Waals surface area contributed by atoms with Crippen LogP contribution in [0.5, 0.6) is 0 Å². The van der Waals surface area contributed by atoms with Crippen molar-refractivity contribution in [2.24, 2.45) is 0 Å². The predicted octanol–water partition coefficient (Wildman–Crippen LogP) is 2.11. The third kappa shape index (κ3) is 4.47. The van der Waals surface area contributed by atoms with Crippen LogP contribution in [-0.4, -0.2) is 39.4 Å². The van der Waals surface area contributed by atoms with Gasteiger partial charge in [-0.2, -0.15) is 0 Å². The Morgan fingerprint density at radius 1 is 1.47 bits per heavy atom. The molecule has 0 spiro atoms. The van der Waals surface area contributed by atoms with Crippen LogP contribution in [0.2, 0.25) is 0 Å². The molecule has 0 amide bonds. The number of nitrogens with one attached hydrogen (secondary N) is 1. The lowest BCUT2D eigenvalue weighted by Gasteiger charge is -2.27. The highest BCUT2D eigenvalue weighted by molar-refractivity contribution is 7.99. The summed E-state index contributed by atoms with van der Waals surface area (Å²) in [5.74, 6) is 0.0360. The fourth-order valence-corrected chi connectivity index (χ4v) is 2.56. The minimum Gasteiger partial charge on any atom is -0.480 e. The van der Waals surface area contributed by atoms with E-state index in [0.29, 0.717) is 12.8 Å². The highest BCUT2D eigenvalue weighted by Crippen LogP contribution is 2.21. The molecule has 0 aliphatic rings. The number of thioether (sulfide) groups is 1. The van der Waals surface area contributed by atoms with E-state index in [4.69, 9.17) is 0 Å². The first-order valence-corrected chi connectivity index (χ1v) is 7.36. The van der Waals surface area contributed by atoms with E-state index in [1.54, 1.807) is 31.2 Å². The molecule has 0 bridgehead atoms. The molecule has 0 saturated carbocycles. The van der Waals surface area contributed by atoms with Crippen molar-refractivity contribution in [1.82, 2.24) is 15.3 Å². The lowest BCUT2D eigenvalue weighted by molar-refractivity contribution is -0.145. The van der Waals surface area contributed by atoms with Gasteiger partial charge >= 0.3 is 5.97 Å². The van der Waals surface area contributed by atoms with Crippen molar-refractivity contribution in [3.8, 4) is 0 Å². The molecule has 1 unspecified atom stereocenters. The first-order valence-electron chi connectivity index (χ1n) is 6.38. The maximum absolute atomic E-state index is 11.3. The fraction of sp³-hybridized carbons (Fsp3) is 0.615. The average Bonchev–Trinajstić information content (AvgIpc) is 2.41. The van der Waals surface area contributed by atoms with Crippen LogP contribution in [-0.2, 0) is 4.79 Å². The van der Waals surface area contributed by atoms with E-state index in [9.17, 15) is 9.90 Å². The molecular formula is C13H21N3O2S. The Morgan fingerprint density at radius 2 is 2.11 bits per heavy atom. The van der Waals surface area contributed by atoms with Crippen LogP contribution in [0, 0.1) is 6.92 Å². The molecule has 1 aromatic rings. The lowest BCUT2D eigenvalue weighted by Crippen LogP contribution is -2.49. The van der Waals surface area contributed by atoms with Gasteiger partial charge in [0.2, 0.25) is 0 Å². The number of hydrogen-bond acceptors (Lipinski definition) is 5. The van der Waals surface area contributed by atoms with Crippen molar-refractivity contribution in [2.75, 3.05) is 12.8 Å². The molecule has 0 aliphatic heterocycles. The highest BCUT2D eigenvalue weighted by Gasteiger charge is 2.33. The standard InChI is InChI=1S/C13H21N3O2S/c1-4-13(14-3,11(17)18)6-5-7-19-12-15-8-10(2)9-16-12/h8-9,14H,4-7H2,1-3H3,(H,17,18). The Labute approximate surface area is 118 Å². The number of carboxylic acid groups (broad SMARTS) is 1. The predicted molar refractivity (Wildman–Crippen MR) is 76.4 cm³/mol. The van der Waals surface area contributed by atoms with E-state index in [-0.39, 0.29) is 0 Å². The summed E-state index contributed by atoms with van der Waals surface area (Å²) < 4.78 is 0. The van der Waals surface area contributed by atoms with Crippen molar-refractivity contribution in [2.45, 2.75) is 43.8 Å². The van der Waals surface area contributed by atoms with E-state index in [1.807, 2.05) is 13.8 Å². The number of hydrogen-bond donors (Lipinski definition) is 2. The summed E-state index contributed by atoms with van der Waals surface area (Å²) in [6, 6.07) is 0. The second-order valence-electron chi connectivity index (χ2n) is 4.49. The Bertz CT molecular complexity index is 405. The molecule has 5 nitrogen and oxygen atoms in total. The Kier molecular flexibility index (Phi) is 6.24. The largest absolute Gasteiger partial charge is 0.480 e. The number of nitrogens with zero attached hydrogens (tertiary/aromatic N) is 2. The van der Waals surface area contributed by atoms with Gasteiger partial charge < -0.3 is 10.4 Å². The topological polar surface area (TPSA) is 75.1 Å². The van der Waals surface area contributed by atoms with Crippen molar-refractivity contribution < 1.29 is 9.90 Å². The zero-order chi connectivity index (χ0) is 14.3. The number of likely N-dealkylation sites (N-methyl/N-ethyl adjacent to an activating group) is 1. The molecular weight excluding hydrogens is 262 g/mol. The highest BCUT2D eigenvalue weighted by atomic mass is 32.2. The third-order valence-electron chi connectivity index (χ3n) is 3.23. The number of aryl methyl sites for hydroxylation is 1. The summed E-state index contributed by atoms with van der Waals surface area (Å²) in [6.07, 6.45) is 5.56. The quantitative estimate of drug-likeness (QED) is 0.432. The van der Waals surface area contributed by atoms with Gasteiger partial charge in [-0.25, -0.2) is 9.97 Å². The minimum atomic E-state index is -0.811. The normalized spacial score (nSPS) is 14.1. The van der Waals surface area contributed by atoms with Gasteiger partial charge in [-0.15, -0.1) is 0 Å². The molecule has 0 saturated heterocycles. The summed E-state index contributed by atoms with van der Waals surface area (Å²) >= 11 is 1.56. The molecule has 1 atom stereocenters. The Balaban J connectivity index is 2.41. The van der Waals surface area contributed by atoms with Crippen LogP contribution in [0.1, 0.15) is 31.7 Å². The maximum Gasteiger partial charge on any atom is 0.323 e. The summed E-state index contributed by atoms with van der Waals surface area (Å²) in [5, 5.41) is 13.0. The summed E-state index contributed by atoms with van der Waals surface area (Å²) in [4.78, 5) is 19.7. The van der Waals surface area contributed by atoms with Crippen LogP contribution in [0.4, 0.5) is 0 Å². The first kappa shape index (κ1) is 15.9. The lowest BCUT2D eigenvalue weighted by atomic mass is 9.91. The summed E-state index contributed by atoms with van der Waals surface area (Å²) in [5.41, 5.74) is 0.227. The molecule has 106 valence electrons. The zero-order valence-electron chi connectivity index (χ0n) is 11.6. The molecule has 0 radical (unpaired) electrons. The van der Waals surface area contributed by atoms with E-state index >= 15 is 0 Å². The Hall–Kier alpha value is -1.14. The number of carbonyl (C=O) groups is 1. The molecule has 1 aromatic heterocycles. The van der Waals surface area contributed by atoms with Gasteiger partial charge in [0.25, 0.3) is 0 Å². The first-order chi connectivity index (χ1) is 9.04. The monoisotopic (exact) mass is 283 g/mol. The van der Waals surface area contributed by atoms with Crippen LogP contribution in [0.25, 0.3) is 0 Å². The van der Waals surface area contributed by atoms with E-state index in [2.05, 4.69) is 15.3 Å². The number of aromatic nitrogens is 2. The van der Waals surface area contributed by atoms with Gasteiger partial charge in [0.05, 0.1) is 0 Å². The molecule has 6 heteroatoms. The van der Waals surface area contributed by atoms with Crippen molar-refractivity contribution >= 4 is 17.7 Å². The van der Waals surface area contributed by atoms with Gasteiger partial charge in [-0.1, -0.05) is 18.7 Å². The molecule has 1 heterocycles. The molecule has 2 N–H and O–H groups in total. The molecule has 0 aromatic carbocycles. The fourth-order valence-electron chi connectivity index (χ4n) is 1.84. The van der Waals surface area contributed by atoms with Gasteiger partial charge in [0, 0.05) is 18.1 Å². The summed E-state index contributed by atoms with van der Waals surface area (Å²) in [6.45, 7) is 3.84. The molecule has 0 fully saturated rings. The summed E-state index contributed by atoms with van der Waals surface area (Å²) in [7, 11) is 1.70. The van der Waals surface area contributed by atoms with Crippen molar-refractivity contribution in [1.29, 1.82) is 0 Å². The van der Waals surface area contributed by atoms with Crippen LogP contribution in [0.15, 0.2) is 17.6 Å². The van der Waals surface area contributed by atoms with Crippen LogP contribution < -0.4 is 5.32 Å². The second kappa shape index (κ2) is 7.45. The smallest absolute Gasteiger partial charge is 0.323 e. The van der Waals surface area contributed by atoms with Crippen molar-refractivity contribution in [3.63, 3.8) is 0 Å². The van der Waals surface area contributed by atoms with Gasteiger partial charge in [0.15, 0.2) is 5.16 Å². The van der Waals surface area contributed by atoms with Gasteiger partial charge in [-0.3, -0.25) is 4.79 Å². The minimum absolute atomic E-state index is 0.574. The van der Waals surface area contributed by atoms with Gasteiger partial charge in [-0.05, 0) is 38.8 Å². The SMILES string of the molecule is CCC(CCCSc1ncc(C)cn1)(NC)C(=O)O. The van der Waals surface area contributed by atoms with Gasteiger partial charge in [0.1, 0.15) is 5.54 Å². The Morgan fingerprint density at radius 3 is 2.58 bits per heavy atom. The van der Waals surface area contributed by atoms with E-state index in [0.717, 1.165) is 22.9 Å². The van der Waals surface area contributed by atoms with E-state index < -0.39 is 11.5 Å². The average molecular weight is 283 g/mol. The second-order valence-corrected chi connectivity index (χ2v) is 5.55. The zero-order valence-corrected chi connectivity index (χ0v) is 12.5. The van der Waals surface area contributed by atoms with Crippen LogP contribution in [0.3, 0.4) is 0 Å². The maximum atomic E-state index is 11.3. The number of rotatable bonds is 8. The molecule has 1 rings (SSSR count). The molecule has 19 heavy (non-hydrogen) atoms. The number of carboxylic acids is 1. The third-order valence-corrected chi connectivity index (χ3v) is 4.19. The van der Waals surface area contributed by atoms with E-state index in [1.165, 1.54) is 0 Å². The molecule has 0 aliphatic carbocycles.